The second kappa shape index (κ2) is 10.9. The largest absolute Gasteiger partial charge is 0.494 e. The summed E-state index contributed by atoms with van der Waals surface area (Å²) >= 11 is 0. The van der Waals surface area contributed by atoms with Gasteiger partial charge in [-0.25, -0.2) is 0 Å². The van der Waals surface area contributed by atoms with Gasteiger partial charge in [-0.3, -0.25) is 0 Å². The van der Waals surface area contributed by atoms with Gasteiger partial charge in [0.05, 0.1) is 12.8 Å². The highest BCUT2D eigenvalue weighted by molar-refractivity contribution is 5.81. The van der Waals surface area contributed by atoms with E-state index < -0.39 is 0 Å². The number of benzene rings is 2. The second-order valence-corrected chi connectivity index (χ2v) is 8.11. The Morgan fingerprint density at radius 3 is 2.48 bits per heavy atom. The number of para-hydroxylation sites is 1. The number of anilines is 3. The molecule has 3 N–H and O–H groups in total. The zero-order valence-corrected chi connectivity index (χ0v) is 19.3. The SMILES string of the molecule is CNc1cc2c3c(c1OC)CCCN3CCC2.CNc1ccccc1/C=C\CC(C)=N. The molecule has 0 aromatic heterocycles. The molecule has 2 aliphatic rings. The van der Waals surface area contributed by atoms with Crippen LogP contribution in [0.3, 0.4) is 0 Å². The Hall–Kier alpha value is -2.95. The van der Waals surface area contributed by atoms with Gasteiger partial charge in [-0.2, -0.15) is 0 Å². The molecule has 5 nitrogen and oxygen atoms in total. The molecule has 2 aromatic rings. The van der Waals surface area contributed by atoms with Crippen LogP contribution in [0.4, 0.5) is 17.1 Å². The lowest BCUT2D eigenvalue weighted by molar-refractivity contribution is 0.409. The Morgan fingerprint density at radius 1 is 1.10 bits per heavy atom. The van der Waals surface area contributed by atoms with Crippen LogP contribution in [0.25, 0.3) is 6.08 Å². The van der Waals surface area contributed by atoms with Crippen molar-refractivity contribution in [1.29, 1.82) is 5.41 Å². The highest BCUT2D eigenvalue weighted by atomic mass is 16.5. The van der Waals surface area contributed by atoms with Crippen molar-refractivity contribution in [2.45, 2.75) is 39.0 Å². The van der Waals surface area contributed by atoms with E-state index in [1.807, 2.05) is 51.4 Å². The van der Waals surface area contributed by atoms with Gasteiger partial charge in [-0.05, 0) is 55.9 Å². The molecule has 2 aromatic carbocycles. The van der Waals surface area contributed by atoms with Gasteiger partial charge < -0.3 is 25.7 Å². The predicted octanol–water partition coefficient (Wildman–Crippen LogP) is 5.61. The summed E-state index contributed by atoms with van der Waals surface area (Å²) in [5.41, 5.74) is 8.49. The highest BCUT2D eigenvalue weighted by Crippen LogP contribution is 2.44. The Labute approximate surface area is 187 Å². The summed E-state index contributed by atoms with van der Waals surface area (Å²) < 4.78 is 5.62. The van der Waals surface area contributed by atoms with Gasteiger partial charge in [0.15, 0.2) is 0 Å². The first-order valence-electron chi connectivity index (χ1n) is 11.2. The van der Waals surface area contributed by atoms with Crippen LogP contribution >= 0.6 is 0 Å². The molecule has 2 heterocycles. The fourth-order valence-electron chi connectivity index (χ4n) is 4.48. The van der Waals surface area contributed by atoms with Gasteiger partial charge in [-0.1, -0.05) is 30.4 Å². The lowest BCUT2D eigenvalue weighted by Gasteiger charge is -2.38. The minimum atomic E-state index is 0.684. The minimum absolute atomic E-state index is 0.684. The Balaban J connectivity index is 0.000000180. The van der Waals surface area contributed by atoms with Crippen LogP contribution in [0.5, 0.6) is 5.75 Å². The summed E-state index contributed by atoms with van der Waals surface area (Å²) in [4.78, 5) is 2.54. The van der Waals surface area contributed by atoms with Crippen molar-refractivity contribution in [1.82, 2.24) is 0 Å². The predicted molar refractivity (Wildman–Crippen MR) is 134 cm³/mol. The number of ether oxygens (including phenoxy) is 1. The van der Waals surface area contributed by atoms with Crippen LogP contribution in [0.15, 0.2) is 36.4 Å². The van der Waals surface area contributed by atoms with Crippen molar-refractivity contribution in [2.75, 3.05) is 49.8 Å². The molecule has 166 valence electrons. The fraction of sp³-hybridized carbons (Fsp3) is 0.423. The van der Waals surface area contributed by atoms with E-state index >= 15 is 0 Å². The van der Waals surface area contributed by atoms with Crippen molar-refractivity contribution < 1.29 is 4.74 Å². The first-order valence-corrected chi connectivity index (χ1v) is 11.2. The summed E-state index contributed by atoms with van der Waals surface area (Å²) in [7, 11) is 5.66. The number of nitrogens with one attached hydrogen (secondary N) is 3. The maximum Gasteiger partial charge on any atom is 0.147 e. The average molecular weight is 421 g/mol. The van der Waals surface area contributed by atoms with Gasteiger partial charge in [0, 0.05) is 56.3 Å². The molecule has 4 rings (SSSR count). The van der Waals surface area contributed by atoms with E-state index in [1.165, 1.54) is 49.2 Å². The molecular formula is C26H36N4O. The monoisotopic (exact) mass is 420 g/mol. The summed E-state index contributed by atoms with van der Waals surface area (Å²) in [6.45, 7) is 4.23. The third-order valence-corrected chi connectivity index (χ3v) is 5.90. The van der Waals surface area contributed by atoms with Crippen molar-refractivity contribution in [3.05, 3.63) is 53.1 Å². The van der Waals surface area contributed by atoms with Crippen LogP contribution in [0.2, 0.25) is 0 Å². The van der Waals surface area contributed by atoms with Gasteiger partial charge in [0.25, 0.3) is 0 Å². The molecule has 0 amide bonds. The van der Waals surface area contributed by atoms with Crippen molar-refractivity contribution in [2.24, 2.45) is 0 Å². The fourth-order valence-corrected chi connectivity index (χ4v) is 4.48. The normalized spacial score (nSPS) is 14.4. The molecule has 0 radical (unpaired) electrons. The van der Waals surface area contributed by atoms with E-state index in [0.29, 0.717) is 5.71 Å². The van der Waals surface area contributed by atoms with E-state index in [-0.39, 0.29) is 0 Å². The van der Waals surface area contributed by atoms with Crippen LogP contribution < -0.4 is 20.3 Å². The number of hydrogen-bond acceptors (Lipinski definition) is 5. The minimum Gasteiger partial charge on any atom is -0.494 e. The molecule has 5 heteroatoms. The van der Waals surface area contributed by atoms with Gasteiger partial charge in [0.1, 0.15) is 5.75 Å². The topological polar surface area (TPSA) is 60.4 Å². The number of methoxy groups -OCH3 is 1. The molecule has 0 saturated carbocycles. The molecular weight excluding hydrogens is 384 g/mol. The summed E-state index contributed by atoms with van der Waals surface area (Å²) in [6, 6.07) is 10.4. The first kappa shape index (κ1) is 22.7. The molecule has 0 bridgehead atoms. The van der Waals surface area contributed by atoms with Crippen molar-refractivity contribution in [3.63, 3.8) is 0 Å². The summed E-state index contributed by atoms with van der Waals surface area (Å²) in [5.74, 6) is 1.05. The molecule has 31 heavy (non-hydrogen) atoms. The van der Waals surface area contributed by atoms with Crippen LogP contribution in [0.1, 0.15) is 42.9 Å². The number of aryl methyl sites for hydroxylation is 1. The lowest BCUT2D eigenvalue weighted by Crippen LogP contribution is -2.34. The lowest BCUT2D eigenvalue weighted by atomic mass is 9.90. The van der Waals surface area contributed by atoms with Gasteiger partial charge in [-0.15, -0.1) is 0 Å². The van der Waals surface area contributed by atoms with Gasteiger partial charge in [0.2, 0.25) is 0 Å². The van der Waals surface area contributed by atoms with Crippen LogP contribution in [0, 0.1) is 5.41 Å². The van der Waals surface area contributed by atoms with Crippen LogP contribution in [-0.4, -0.2) is 40.0 Å². The highest BCUT2D eigenvalue weighted by Gasteiger charge is 2.27. The molecule has 0 fully saturated rings. The molecule has 0 spiro atoms. The maximum absolute atomic E-state index is 7.29. The third kappa shape index (κ3) is 5.40. The maximum atomic E-state index is 7.29. The Kier molecular flexibility index (Phi) is 7.99. The Bertz CT molecular complexity index is 933. The Morgan fingerprint density at radius 2 is 1.81 bits per heavy atom. The smallest absolute Gasteiger partial charge is 0.147 e. The zero-order chi connectivity index (χ0) is 22.2. The number of allylic oxidation sites excluding steroid dienone is 1. The third-order valence-electron chi connectivity index (χ3n) is 5.90. The van der Waals surface area contributed by atoms with E-state index in [4.69, 9.17) is 10.1 Å². The molecule has 0 aliphatic carbocycles. The summed E-state index contributed by atoms with van der Waals surface area (Å²) in [6.07, 6.45) is 9.66. The van der Waals surface area contributed by atoms with Gasteiger partial charge >= 0.3 is 0 Å². The molecule has 2 aliphatic heterocycles. The molecule has 0 unspecified atom stereocenters. The van der Waals surface area contributed by atoms with E-state index in [9.17, 15) is 0 Å². The van der Waals surface area contributed by atoms with Crippen molar-refractivity contribution >= 4 is 28.8 Å². The quantitative estimate of drug-likeness (QED) is 0.532. The van der Waals surface area contributed by atoms with E-state index in [0.717, 1.165) is 35.5 Å². The first-order chi connectivity index (χ1) is 15.1. The number of hydrogen-bond donors (Lipinski definition) is 3. The number of nitrogens with zero attached hydrogens (tertiary/aromatic N) is 1. The standard InChI is InChI=1S/C14H20N2O.C12H16N2/c1-15-12-9-10-5-3-7-16-8-4-6-11(13(10)16)14(12)17-2;1-10(13)6-5-8-11-7-3-4-9-12(11)14-2/h9,15H,3-8H2,1-2H3;3-5,7-9,13-14H,6H2,1-2H3/b;8-5-,13-10?. The van der Waals surface area contributed by atoms with E-state index in [2.05, 4.69) is 27.7 Å². The molecule has 0 atom stereocenters. The second-order valence-electron chi connectivity index (χ2n) is 8.11. The van der Waals surface area contributed by atoms with E-state index in [1.54, 1.807) is 7.11 Å². The summed E-state index contributed by atoms with van der Waals surface area (Å²) in [5, 5.41) is 13.7. The van der Waals surface area contributed by atoms with Crippen molar-refractivity contribution in [3.8, 4) is 5.75 Å². The molecule has 0 saturated heterocycles. The zero-order valence-electron chi connectivity index (χ0n) is 19.3. The van der Waals surface area contributed by atoms with Crippen LogP contribution in [-0.2, 0) is 12.8 Å². The average Bonchev–Trinajstić information content (AvgIpc) is 2.79. The number of rotatable bonds is 6.